The minimum absolute atomic E-state index is 0.122. The van der Waals surface area contributed by atoms with Crippen LogP contribution in [-0.4, -0.2) is 35.8 Å². The smallest absolute Gasteiger partial charge is 0.245 e. The van der Waals surface area contributed by atoms with E-state index in [1.54, 1.807) is 12.1 Å². The van der Waals surface area contributed by atoms with E-state index in [9.17, 15) is 4.79 Å². The van der Waals surface area contributed by atoms with E-state index in [0.29, 0.717) is 29.7 Å². The lowest BCUT2D eigenvalue weighted by atomic mass is 10.2. The van der Waals surface area contributed by atoms with Crippen molar-refractivity contribution >= 4 is 33.8 Å². The first kappa shape index (κ1) is 14.6. The number of hydrogen-bond acceptors (Lipinski definition) is 7. The van der Waals surface area contributed by atoms with Crippen LogP contribution in [0, 0.1) is 0 Å². The number of carbonyl (C=O) groups excluding carboxylic acids is 1. The van der Waals surface area contributed by atoms with Crippen molar-refractivity contribution in [3.8, 4) is 5.75 Å². The van der Waals surface area contributed by atoms with Crippen molar-refractivity contribution in [2.75, 3.05) is 35.6 Å². The van der Waals surface area contributed by atoms with Crippen LogP contribution in [0.5, 0.6) is 5.75 Å². The predicted molar refractivity (Wildman–Crippen MR) is 86.5 cm³/mol. The zero-order valence-corrected chi connectivity index (χ0v) is 13.0. The Balaban J connectivity index is 1.67. The van der Waals surface area contributed by atoms with Gasteiger partial charge in [-0.3, -0.25) is 10.1 Å². The molecule has 0 saturated carbocycles. The van der Waals surface area contributed by atoms with Gasteiger partial charge in [-0.2, -0.15) is 0 Å². The first-order valence-electron chi connectivity index (χ1n) is 7.05. The predicted octanol–water partition coefficient (Wildman–Crippen LogP) is 1.52. The number of anilines is 3. The molecule has 0 unspecified atom stereocenters. The van der Waals surface area contributed by atoms with Gasteiger partial charge in [0.2, 0.25) is 11.0 Å². The lowest BCUT2D eigenvalue weighted by Gasteiger charge is -2.30. The van der Waals surface area contributed by atoms with Gasteiger partial charge in [0, 0.05) is 11.8 Å². The number of carbonyl (C=O) groups is 1. The number of aromatic nitrogens is 2. The highest BCUT2D eigenvalue weighted by atomic mass is 32.1. The van der Waals surface area contributed by atoms with Gasteiger partial charge in [-0.15, -0.1) is 10.2 Å². The van der Waals surface area contributed by atoms with Crippen molar-refractivity contribution in [3.05, 3.63) is 23.2 Å². The van der Waals surface area contributed by atoms with Crippen molar-refractivity contribution in [3.63, 3.8) is 0 Å². The third-order valence-corrected chi connectivity index (χ3v) is 4.28. The number of nitrogen functional groups attached to an aromatic ring is 1. The molecule has 0 radical (unpaired) electrons. The molecular formula is C14H17N5O2S. The van der Waals surface area contributed by atoms with Crippen molar-refractivity contribution in [1.29, 1.82) is 0 Å². The van der Waals surface area contributed by atoms with E-state index in [4.69, 9.17) is 10.5 Å². The molecule has 3 rings (SSSR count). The highest BCUT2D eigenvalue weighted by Gasteiger charge is 2.21. The standard InChI is InChI=1S/C14H17N5O2S/c1-2-13-17-18-14(22-13)16-12(20)8-19-5-6-21-11-7-9(15)3-4-10(11)19/h3-4,7H,2,5-6,8,15H2,1H3,(H,16,18,20). The summed E-state index contributed by atoms with van der Waals surface area (Å²) in [6, 6.07) is 5.45. The molecule has 1 aliphatic heterocycles. The van der Waals surface area contributed by atoms with Gasteiger partial charge in [0.15, 0.2) is 0 Å². The van der Waals surface area contributed by atoms with Gasteiger partial charge in [-0.1, -0.05) is 18.3 Å². The Morgan fingerprint density at radius 3 is 3.14 bits per heavy atom. The highest BCUT2D eigenvalue weighted by molar-refractivity contribution is 7.15. The van der Waals surface area contributed by atoms with E-state index in [1.807, 2.05) is 17.9 Å². The maximum atomic E-state index is 12.2. The van der Waals surface area contributed by atoms with Gasteiger partial charge < -0.3 is 15.4 Å². The van der Waals surface area contributed by atoms with Crippen LogP contribution in [0.1, 0.15) is 11.9 Å². The molecule has 1 aromatic heterocycles. The second-order valence-corrected chi connectivity index (χ2v) is 5.96. The number of hydrogen-bond donors (Lipinski definition) is 2. The summed E-state index contributed by atoms with van der Waals surface area (Å²) in [5, 5.41) is 12.2. The minimum atomic E-state index is -0.122. The average molecular weight is 319 g/mol. The molecule has 116 valence electrons. The van der Waals surface area contributed by atoms with Crippen LogP contribution in [0.15, 0.2) is 18.2 Å². The maximum absolute atomic E-state index is 12.2. The zero-order valence-electron chi connectivity index (χ0n) is 12.2. The number of rotatable bonds is 4. The Morgan fingerprint density at radius 1 is 1.50 bits per heavy atom. The number of benzene rings is 1. The first-order chi connectivity index (χ1) is 10.7. The second kappa shape index (κ2) is 6.18. The molecule has 1 aliphatic rings. The van der Waals surface area contributed by atoms with Gasteiger partial charge in [-0.25, -0.2) is 0 Å². The zero-order chi connectivity index (χ0) is 15.5. The van der Waals surface area contributed by atoms with Crippen LogP contribution in [0.3, 0.4) is 0 Å². The number of ether oxygens (including phenoxy) is 1. The van der Waals surface area contributed by atoms with Crippen molar-refractivity contribution < 1.29 is 9.53 Å². The van der Waals surface area contributed by atoms with E-state index in [-0.39, 0.29) is 12.5 Å². The molecule has 22 heavy (non-hydrogen) atoms. The summed E-state index contributed by atoms with van der Waals surface area (Å²) in [4.78, 5) is 14.1. The van der Waals surface area contributed by atoms with Gasteiger partial charge in [-0.05, 0) is 18.6 Å². The molecule has 0 saturated heterocycles. The Morgan fingerprint density at radius 2 is 2.36 bits per heavy atom. The Kier molecular flexibility index (Phi) is 4.10. The third kappa shape index (κ3) is 3.11. The van der Waals surface area contributed by atoms with Crippen LogP contribution < -0.4 is 20.7 Å². The number of nitrogens with two attached hydrogens (primary N) is 1. The number of amides is 1. The van der Waals surface area contributed by atoms with Crippen LogP contribution in [0.4, 0.5) is 16.5 Å². The van der Waals surface area contributed by atoms with Crippen LogP contribution >= 0.6 is 11.3 Å². The first-order valence-corrected chi connectivity index (χ1v) is 7.87. The minimum Gasteiger partial charge on any atom is -0.489 e. The SMILES string of the molecule is CCc1nnc(NC(=O)CN2CCOc3cc(N)ccc32)s1. The fraction of sp³-hybridized carbons (Fsp3) is 0.357. The monoisotopic (exact) mass is 319 g/mol. The topological polar surface area (TPSA) is 93.4 Å². The number of nitrogens with one attached hydrogen (secondary N) is 1. The van der Waals surface area contributed by atoms with Crippen molar-refractivity contribution in [2.45, 2.75) is 13.3 Å². The molecule has 1 aromatic carbocycles. The molecule has 0 aliphatic carbocycles. The van der Waals surface area contributed by atoms with Gasteiger partial charge in [0.05, 0.1) is 18.8 Å². The average Bonchev–Trinajstić information content (AvgIpc) is 2.94. The highest BCUT2D eigenvalue weighted by Crippen LogP contribution is 2.33. The van der Waals surface area contributed by atoms with Crippen LogP contribution in [-0.2, 0) is 11.2 Å². The molecule has 7 nitrogen and oxygen atoms in total. The quantitative estimate of drug-likeness (QED) is 0.830. The lowest BCUT2D eigenvalue weighted by molar-refractivity contribution is -0.115. The Bertz CT molecular complexity index is 688. The van der Waals surface area contributed by atoms with E-state index in [0.717, 1.165) is 17.1 Å². The molecule has 0 atom stereocenters. The summed E-state index contributed by atoms with van der Waals surface area (Å²) >= 11 is 1.40. The Labute approximate surface area is 132 Å². The van der Waals surface area contributed by atoms with Crippen LogP contribution in [0.25, 0.3) is 0 Å². The summed E-state index contributed by atoms with van der Waals surface area (Å²) in [5.74, 6) is 0.590. The van der Waals surface area contributed by atoms with E-state index < -0.39 is 0 Å². The molecule has 3 N–H and O–H groups in total. The van der Waals surface area contributed by atoms with Crippen molar-refractivity contribution in [1.82, 2.24) is 10.2 Å². The number of nitrogens with zero attached hydrogens (tertiary/aromatic N) is 3. The molecule has 0 fully saturated rings. The summed E-state index contributed by atoms with van der Waals surface area (Å²) < 4.78 is 5.58. The number of fused-ring (bicyclic) bond motifs is 1. The van der Waals surface area contributed by atoms with E-state index in [1.165, 1.54) is 11.3 Å². The maximum Gasteiger partial charge on any atom is 0.245 e. The lowest BCUT2D eigenvalue weighted by Crippen LogP contribution is -2.38. The summed E-state index contributed by atoms with van der Waals surface area (Å²) in [5.41, 5.74) is 7.28. The van der Waals surface area contributed by atoms with Gasteiger partial charge in [0.25, 0.3) is 0 Å². The largest absolute Gasteiger partial charge is 0.489 e. The molecule has 0 spiro atoms. The second-order valence-electron chi connectivity index (χ2n) is 4.90. The molecule has 2 heterocycles. The fourth-order valence-electron chi connectivity index (χ4n) is 2.24. The van der Waals surface area contributed by atoms with E-state index >= 15 is 0 Å². The normalized spacial score (nSPS) is 13.4. The molecule has 1 amide bonds. The summed E-state index contributed by atoms with van der Waals surface area (Å²) in [6.07, 6.45) is 0.811. The third-order valence-electron chi connectivity index (χ3n) is 3.29. The van der Waals surface area contributed by atoms with Crippen LogP contribution in [0.2, 0.25) is 0 Å². The molecule has 8 heteroatoms. The molecule has 2 aromatic rings. The Hall–Kier alpha value is -2.35. The number of aryl methyl sites for hydroxylation is 1. The van der Waals surface area contributed by atoms with E-state index in [2.05, 4.69) is 15.5 Å². The van der Waals surface area contributed by atoms with Gasteiger partial charge >= 0.3 is 0 Å². The fourth-order valence-corrected chi connectivity index (χ4v) is 2.93. The molecule has 0 bridgehead atoms. The summed E-state index contributed by atoms with van der Waals surface area (Å²) in [7, 11) is 0. The van der Waals surface area contributed by atoms with Gasteiger partial charge in [0.1, 0.15) is 17.4 Å². The summed E-state index contributed by atoms with van der Waals surface area (Å²) in [6.45, 7) is 3.42. The molecular weight excluding hydrogens is 302 g/mol. The van der Waals surface area contributed by atoms with Crippen molar-refractivity contribution in [2.24, 2.45) is 0 Å².